The normalized spacial score (nSPS) is 11.5. The third-order valence-corrected chi connectivity index (χ3v) is 1.19. The summed E-state index contributed by atoms with van der Waals surface area (Å²) in [6.45, 7) is 2.99. The Balaban J connectivity index is 3.29. The molecule has 0 aliphatic rings. The molecule has 2 nitrogen and oxygen atoms in total. The van der Waals surface area contributed by atoms with Crippen molar-refractivity contribution in [2.24, 2.45) is 5.73 Å². The fourth-order valence-corrected chi connectivity index (χ4v) is 0.683. The number of primary amides is 1. The van der Waals surface area contributed by atoms with E-state index in [1.54, 1.807) is 0 Å². The van der Waals surface area contributed by atoms with Crippen LogP contribution in [0.25, 0.3) is 0 Å². The Kier molecular flexibility index (Phi) is 3.33. The molecule has 0 aliphatic carbocycles. The van der Waals surface area contributed by atoms with Gasteiger partial charge >= 0.3 is 0 Å². The lowest BCUT2D eigenvalue weighted by Crippen LogP contribution is -2.15. The third-order valence-electron chi connectivity index (χ3n) is 1.19. The highest BCUT2D eigenvalue weighted by atomic mass is 19.1. The first kappa shape index (κ1) is 9.40. The molecule has 3 heteroatoms. The molecule has 0 saturated heterocycles. The van der Waals surface area contributed by atoms with Crippen molar-refractivity contribution in [1.29, 1.82) is 0 Å². The van der Waals surface area contributed by atoms with Crippen molar-refractivity contribution in [2.75, 3.05) is 0 Å². The van der Waals surface area contributed by atoms with Gasteiger partial charge in [0.2, 0.25) is 5.91 Å². The number of hydrogen-bond acceptors (Lipinski definition) is 1. The molecule has 60 valence electrons. The molecule has 0 unspecified atom stereocenters. The number of nitrogens with two attached hydrogens (primary N) is 1. The zero-order valence-corrected chi connectivity index (χ0v) is 6.48. The molecular formula is C7H14FNO. The van der Waals surface area contributed by atoms with Crippen molar-refractivity contribution in [3.8, 4) is 0 Å². The minimum absolute atomic E-state index is 0.285. The van der Waals surface area contributed by atoms with Gasteiger partial charge in [0.05, 0.1) is 0 Å². The second kappa shape index (κ2) is 3.54. The van der Waals surface area contributed by atoms with E-state index in [4.69, 9.17) is 5.73 Å². The molecule has 1 amide bonds. The van der Waals surface area contributed by atoms with Gasteiger partial charge in [-0.25, -0.2) is 4.39 Å². The molecule has 10 heavy (non-hydrogen) atoms. The van der Waals surface area contributed by atoms with Gasteiger partial charge in [-0.15, -0.1) is 0 Å². The third kappa shape index (κ3) is 7.40. The Morgan fingerprint density at radius 1 is 1.60 bits per heavy atom. The molecule has 0 aliphatic heterocycles. The summed E-state index contributed by atoms with van der Waals surface area (Å²) in [6, 6.07) is 0. The van der Waals surface area contributed by atoms with Crippen molar-refractivity contribution >= 4 is 5.91 Å². The zero-order valence-electron chi connectivity index (χ0n) is 6.48. The Bertz CT molecular complexity index is 117. The predicted octanol–water partition coefficient (Wildman–Crippen LogP) is 1.39. The highest BCUT2D eigenvalue weighted by Crippen LogP contribution is 2.16. The maximum atomic E-state index is 12.7. The Labute approximate surface area is 60.6 Å². The van der Waals surface area contributed by atoms with E-state index < -0.39 is 5.67 Å². The van der Waals surface area contributed by atoms with Gasteiger partial charge in [-0.05, 0) is 26.7 Å². The lowest BCUT2D eigenvalue weighted by molar-refractivity contribution is -0.118. The lowest BCUT2D eigenvalue weighted by atomic mass is 10.0. The summed E-state index contributed by atoms with van der Waals surface area (Å²) in [5, 5.41) is 0. The van der Waals surface area contributed by atoms with Crippen molar-refractivity contribution in [2.45, 2.75) is 38.8 Å². The number of hydrogen-bond donors (Lipinski definition) is 1. The van der Waals surface area contributed by atoms with Gasteiger partial charge in [0, 0.05) is 6.42 Å². The topological polar surface area (TPSA) is 43.1 Å². The average Bonchev–Trinajstić information content (AvgIpc) is 1.59. The molecule has 0 saturated carbocycles. The molecule has 0 aromatic rings. The largest absolute Gasteiger partial charge is 0.370 e. The van der Waals surface area contributed by atoms with Gasteiger partial charge < -0.3 is 5.73 Å². The Morgan fingerprint density at radius 2 is 2.10 bits per heavy atom. The van der Waals surface area contributed by atoms with Crippen LogP contribution >= 0.6 is 0 Å². The summed E-state index contributed by atoms with van der Waals surface area (Å²) in [5.74, 6) is -0.357. The van der Waals surface area contributed by atoms with Gasteiger partial charge in [0.15, 0.2) is 0 Å². The van der Waals surface area contributed by atoms with E-state index in [0.717, 1.165) is 0 Å². The average molecular weight is 147 g/mol. The molecule has 0 fully saturated rings. The fraction of sp³-hybridized carbons (Fsp3) is 0.857. The van der Waals surface area contributed by atoms with Gasteiger partial charge in [-0.3, -0.25) is 4.79 Å². The highest BCUT2D eigenvalue weighted by Gasteiger charge is 2.14. The quantitative estimate of drug-likeness (QED) is 0.641. The second-order valence-corrected chi connectivity index (χ2v) is 3.04. The van der Waals surface area contributed by atoms with E-state index in [2.05, 4.69) is 0 Å². The van der Waals surface area contributed by atoms with Gasteiger partial charge in [0.1, 0.15) is 5.67 Å². The summed E-state index contributed by atoms with van der Waals surface area (Å²) in [6.07, 6.45) is 1.22. The van der Waals surface area contributed by atoms with E-state index in [-0.39, 0.29) is 12.3 Å². The standard InChI is InChI=1S/C7H14FNO/c1-7(2,8)5-3-4-6(9)10/h3-5H2,1-2H3,(H2,9,10). The van der Waals surface area contributed by atoms with Crippen molar-refractivity contribution in [3.63, 3.8) is 0 Å². The number of carbonyl (C=O) groups is 1. The van der Waals surface area contributed by atoms with Crippen LogP contribution in [0.5, 0.6) is 0 Å². The summed E-state index contributed by atoms with van der Waals surface area (Å²) >= 11 is 0. The molecule has 0 heterocycles. The van der Waals surface area contributed by atoms with Crippen LogP contribution < -0.4 is 5.73 Å². The van der Waals surface area contributed by atoms with E-state index in [1.165, 1.54) is 13.8 Å². The van der Waals surface area contributed by atoms with Crippen molar-refractivity contribution < 1.29 is 9.18 Å². The van der Waals surface area contributed by atoms with Crippen LogP contribution in [0.15, 0.2) is 0 Å². The molecule has 0 rings (SSSR count). The van der Waals surface area contributed by atoms with Crippen LogP contribution in [0.3, 0.4) is 0 Å². The highest BCUT2D eigenvalue weighted by molar-refractivity contribution is 5.73. The summed E-state index contributed by atoms with van der Waals surface area (Å²) < 4.78 is 12.7. The van der Waals surface area contributed by atoms with Crippen LogP contribution in [0, 0.1) is 0 Å². The van der Waals surface area contributed by atoms with E-state index in [1.807, 2.05) is 0 Å². The summed E-state index contributed by atoms with van der Waals surface area (Å²) in [5.41, 5.74) is 3.69. The first-order valence-corrected chi connectivity index (χ1v) is 3.39. The molecule has 2 N–H and O–H groups in total. The molecule has 0 aromatic heterocycles. The maximum Gasteiger partial charge on any atom is 0.217 e. The fourth-order valence-electron chi connectivity index (χ4n) is 0.683. The second-order valence-electron chi connectivity index (χ2n) is 3.04. The Hall–Kier alpha value is -0.600. The Morgan fingerprint density at radius 3 is 2.40 bits per heavy atom. The number of alkyl halides is 1. The van der Waals surface area contributed by atoms with Gasteiger partial charge in [-0.1, -0.05) is 0 Å². The number of rotatable bonds is 4. The molecule has 0 radical (unpaired) electrons. The minimum Gasteiger partial charge on any atom is -0.370 e. The smallest absolute Gasteiger partial charge is 0.217 e. The molecule has 0 atom stereocenters. The van der Waals surface area contributed by atoms with Crippen LogP contribution in [0.1, 0.15) is 33.1 Å². The monoisotopic (exact) mass is 147 g/mol. The van der Waals surface area contributed by atoms with Gasteiger partial charge in [-0.2, -0.15) is 0 Å². The molecule has 0 spiro atoms. The first-order valence-electron chi connectivity index (χ1n) is 3.39. The van der Waals surface area contributed by atoms with E-state index >= 15 is 0 Å². The maximum absolute atomic E-state index is 12.7. The lowest BCUT2D eigenvalue weighted by Gasteiger charge is -2.11. The summed E-state index contributed by atoms with van der Waals surface area (Å²) in [7, 11) is 0. The number of amides is 1. The van der Waals surface area contributed by atoms with Crippen molar-refractivity contribution in [3.05, 3.63) is 0 Å². The molecular weight excluding hydrogens is 133 g/mol. The first-order chi connectivity index (χ1) is 4.42. The molecule has 0 bridgehead atoms. The SMILES string of the molecule is CC(C)(F)CCCC(N)=O. The number of carbonyl (C=O) groups excluding carboxylic acids is 1. The minimum atomic E-state index is -1.17. The van der Waals surface area contributed by atoms with Gasteiger partial charge in [0.25, 0.3) is 0 Å². The predicted molar refractivity (Wildman–Crippen MR) is 38.2 cm³/mol. The zero-order chi connectivity index (χ0) is 8.20. The van der Waals surface area contributed by atoms with E-state index in [9.17, 15) is 9.18 Å². The van der Waals surface area contributed by atoms with Crippen LogP contribution in [-0.4, -0.2) is 11.6 Å². The van der Waals surface area contributed by atoms with Crippen LogP contribution in [0.4, 0.5) is 4.39 Å². The summed E-state index contributed by atoms with van der Waals surface area (Å²) in [4.78, 5) is 10.2. The van der Waals surface area contributed by atoms with Crippen molar-refractivity contribution in [1.82, 2.24) is 0 Å². The van der Waals surface area contributed by atoms with Crippen LogP contribution in [-0.2, 0) is 4.79 Å². The molecule has 0 aromatic carbocycles. The van der Waals surface area contributed by atoms with Crippen LogP contribution in [0.2, 0.25) is 0 Å². The number of halogens is 1. The van der Waals surface area contributed by atoms with E-state index in [0.29, 0.717) is 12.8 Å².